The number of ketones is 2. The fourth-order valence-electron chi connectivity index (χ4n) is 8.42. The SMILES string of the molecule is C[C@@H]1CC2C3CCC4=CC(=O)C=C[C@]4(C)[C@@]3(F)[C@@H](O)C[C@]2(C)[C@@]1(O)C(=O)COC(=O)Cc1cccc(CO[N+](=O)O)n1. The number of allylic oxidation sites excluding steroid dienone is 4. The minimum Gasteiger partial charge on any atom is -0.457 e. The molecule has 1 aromatic rings. The molecule has 0 bridgehead atoms. The van der Waals surface area contributed by atoms with E-state index in [1.807, 2.05) is 0 Å². The third-order valence-corrected chi connectivity index (χ3v) is 10.5. The van der Waals surface area contributed by atoms with Gasteiger partial charge in [0.15, 0.2) is 18.1 Å². The van der Waals surface area contributed by atoms with Gasteiger partial charge in [0.1, 0.15) is 10.5 Å². The molecule has 4 aliphatic rings. The summed E-state index contributed by atoms with van der Waals surface area (Å²) in [4.78, 5) is 57.3. The predicted molar refractivity (Wildman–Crippen MR) is 142 cm³/mol. The number of halogens is 1. The summed E-state index contributed by atoms with van der Waals surface area (Å²) in [6.07, 6.45) is 3.55. The van der Waals surface area contributed by atoms with Gasteiger partial charge in [-0.25, -0.2) is 9.60 Å². The quantitative estimate of drug-likeness (QED) is 0.304. The van der Waals surface area contributed by atoms with Crippen LogP contribution in [0.5, 0.6) is 0 Å². The van der Waals surface area contributed by atoms with Crippen molar-refractivity contribution in [3.8, 4) is 0 Å². The van der Waals surface area contributed by atoms with Crippen LogP contribution >= 0.6 is 0 Å². The van der Waals surface area contributed by atoms with E-state index in [0.29, 0.717) is 24.8 Å². The van der Waals surface area contributed by atoms with Crippen LogP contribution in [0, 0.1) is 33.5 Å². The number of alkyl halides is 1. The lowest BCUT2D eigenvalue weighted by Crippen LogP contribution is -2.69. The third kappa shape index (κ3) is 4.38. The number of carbonyl (C=O) groups excluding carboxylic acids is 3. The van der Waals surface area contributed by atoms with Crippen molar-refractivity contribution in [2.75, 3.05) is 6.61 Å². The van der Waals surface area contributed by atoms with E-state index >= 15 is 4.39 Å². The second-order valence-electron chi connectivity index (χ2n) is 12.6. The van der Waals surface area contributed by atoms with Gasteiger partial charge in [-0.15, -0.1) is 0 Å². The molecule has 3 fully saturated rings. The zero-order valence-electron chi connectivity index (χ0n) is 23.8. The van der Waals surface area contributed by atoms with Crippen LogP contribution in [0.2, 0.25) is 0 Å². The summed E-state index contributed by atoms with van der Waals surface area (Å²) in [7, 11) is 0. The Morgan fingerprint density at radius 2 is 1.93 bits per heavy atom. The van der Waals surface area contributed by atoms with Crippen molar-refractivity contribution >= 4 is 17.5 Å². The van der Waals surface area contributed by atoms with E-state index in [2.05, 4.69) is 9.82 Å². The monoisotopic (exact) mass is 587 g/mol. The van der Waals surface area contributed by atoms with Gasteiger partial charge >= 0.3 is 11.1 Å². The van der Waals surface area contributed by atoms with E-state index in [-0.39, 0.29) is 36.6 Å². The first kappa shape index (κ1) is 30.0. The zero-order valence-corrected chi connectivity index (χ0v) is 23.8. The largest absolute Gasteiger partial charge is 0.475 e. The molecule has 3 N–H and O–H groups in total. The lowest BCUT2D eigenvalue weighted by molar-refractivity contribution is -0.979. The minimum atomic E-state index is -2.09. The Balaban J connectivity index is 1.32. The standard InChI is InChI=1S/C30H36FN2O9/c1-17-11-23-22-8-7-18-12-21(34)9-10-27(18,2)29(22,31)24(35)14-28(23,3)30(17,38)25(36)16-41-26(37)13-19-5-4-6-20(32-19)15-42-33(39)40/h4-6,9-10,12,17,22-24,35,38H,7-8,11,13-16H2,1-3H3,(H,39,40)/q+1/t17-,22?,23?,24+,27+,28+,29+,30+/m1/s1. The fraction of sp³-hybridized carbons (Fsp3) is 0.600. The average Bonchev–Trinajstić information content (AvgIpc) is 3.13. The number of pyridine rings is 1. The molecule has 42 heavy (non-hydrogen) atoms. The highest BCUT2D eigenvalue weighted by atomic mass is 19.1. The van der Waals surface area contributed by atoms with Gasteiger partial charge in [0.25, 0.3) is 0 Å². The average molecular weight is 588 g/mol. The van der Waals surface area contributed by atoms with Crippen LogP contribution in [0.15, 0.2) is 42.0 Å². The number of aromatic nitrogens is 1. The maximum Gasteiger partial charge on any atom is 0.475 e. The molecule has 0 saturated heterocycles. The number of fused-ring (bicyclic) bond motifs is 5. The molecule has 0 radical (unpaired) electrons. The number of rotatable bonds is 8. The summed E-state index contributed by atoms with van der Waals surface area (Å²) >= 11 is 0. The first-order chi connectivity index (χ1) is 19.7. The highest BCUT2D eigenvalue weighted by molar-refractivity contribution is 6.01. The van der Waals surface area contributed by atoms with E-state index in [1.54, 1.807) is 32.9 Å². The van der Waals surface area contributed by atoms with Gasteiger partial charge in [0.05, 0.1) is 23.9 Å². The summed E-state index contributed by atoms with van der Waals surface area (Å²) in [6.45, 7) is 4.10. The first-order valence-corrected chi connectivity index (χ1v) is 14.1. The molecule has 12 heteroatoms. The van der Waals surface area contributed by atoms with Crippen LogP contribution < -0.4 is 0 Å². The number of hydrogen-bond acceptors (Lipinski definition) is 9. The smallest absolute Gasteiger partial charge is 0.457 e. The molecule has 8 atom stereocenters. The molecule has 11 nitrogen and oxygen atoms in total. The summed E-state index contributed by atoms with van der Waals surface area (Å²) in [5.74, 6) is -3.40. The molecule has 226 valence electrons. The summed E-state index contributed by atoms with van der Waals surface area (Å²) in [5.41, 5.74) is -5.23. The lowest BCUT2D eigenvalue weighted by atomic mass is 9.44. The van der Waals surface area contributed by atoms with E-state index in [0.717, 1.165) is 0 Å². The van der Waals surface area contributed by atoms with Gasteiger partial charge in [-0.05, 0) is 68.7 Å². The Labute approximate surface area is 241 Å². The summed E-state index contributed by atoms with van der Waals surface area (Å²) in [5, 5.41) is 31.3. The van der Waals surface area contributed by atoms with Gasteiger partial charge in [-0.3, -0.25) is 19.4 Å². The topological polar surface area (TPSA) is 163 Å². The second kappa shape index (κ2) is 10.3. The van der Waals surface area contributed by atoms with Crippen molar-refractivity contribution in [2.24, 2.45) is 28.6 Å². The van der Waals surface area contributed by atoms with Gasteiger partial charge in [-0.2, -0.15) is 4.84 Å². The zero-order chi connectivity index (χ0) is 30.7. The highest BCUT2D eigenvalue weighted by Crippen LogP contribution is 2.70. The number of ether oxygens (including phenoxy) is 1. The molecule has 4 aliphatic carbocycles. The third-order valence-electron chi connectivity index (χ3n) is 10.5. The second-order valence-corrected chi connectivity index (χ2v) is 12.6. The molecular weight excluding hydrogens is 551 g/mol. The van der Waals surface area contributed by atoms with E-state index in [4.69, 9.17) is 9.94 Å². The molecule has 1 heterocycles. The van der Waals surface area contributed by atoms with Crippen LogP contribution in [-0.4, -0.2) is 67.0 Å². The summed E-state index contributed by atoms with van der Waals surface area (Å²) < 4.78 is 22.5. The molecule has 2 unspecified atom stereocenters. The number of carbonyl (C=O) groups is 3. The number of nitrogens with zero attached hydrogens (tertiary/aromatic N) is 2. The molecule has 0 aliphatic heterocycles. The maximum absolute atomic E-state index is 17.3. The maximum atomic E-state index is 17.3. The number of aliphatic hydroxyl groups is 2. The van der Waals surface area contributed by atoms with Crippen LogP contribution in [0.3, 0.4) is 0 Å². The van der Waals surface area contributed by atoms with E-state index in [1.165, 1.54) is 24.3 Å². The van der Waals surface area contributed by atoms with Gasteiger partial charge in [0, 0.05) is 16.7 Å². The Hall–Kier alpha value is -3.51. The van der Waals surface area contributed by atoms with Crippen molar-refractivity contribution in [3.63, 3.8) is 0 Å². The van der Waals surface area contributed by atoms with Crippen LogP contribution in [0.1, 0.15) is 57.8 Å². The molecule has 3 saturated carbocycles. The van der Waals surface area contributed by atoms with Gasteiger partial charge in [0.2, 0.25) is 12.4 Å². The molecule has 5 rings (SSSR count). The molecule has 0 spiro atoms. The van der Waals surface area contributed by atoms with Crippen molar-refractivity contribution < 1.29 is 48.9 Å². The van der Waals surface area contributed by atoms with Crippen LogP contribution in [0.25, 0.3) is 0 Å². The Bertz CT molecular complexity index is 1400. The highest BCUT2D eigenvalue weighted by Gasteiger charge is 2.75. The van der Waals surface area contributed by atoms with Crippen LogP contribution in [0.4, 0.5) is 4.39 Å². The molecule has 0 aromatic carbocycles. The Kier molecular flexibility index (Phi) is 7.38. The number of esters is 1. The predicted octanol–water partition coefficient (Wildman–Crippen LogP) is 2.68. The minimum absolute atomic E-state index is 0.177. The van der Waals surface area contributed by atoms with E-state index in [9.17, 15) is 29.5 Å². The lowest BCUT2D eigenvalue weighted by Gasteiger charge is -2.62. The number of hydrogen-bond donors (Lipinski definition) is 3. The van der Waals surface area contributed by atoms with Crippen molar-refractivity contribution in [3.05, 3.63) is 58.3 Å². The van der Waals surface area contributed by atoms with Gasteiger partial charge < -0.3 is 14.9 Å². The molecule has 1 aromatic heterocycles. The number of aliphatic hydroxyl groups excluding tert-OH is 1. The fourth-order valence-corrected chi connectivity index (χ4v) is 8.42. The normalized spacial score (nSPS) is 38.5. The Morgan fingerprint density at radius 3 is 2.64 bits per heavy atom. The van der Waals surface area contributed by atoms with Crippen molar-refractivity contribution in [2.45, 2.75) is 76.9 Å². The number of Topliss-reactive ketones (excluding diaryl/α,β-unsaturated/α-hetero) is 1. The van der Waals surface area contributed by atoms with Gasteiger partial charge in [-0.1, -0.05) is 31.6 Å². The van der Waals surface area contributed by atoms with Crippen molar-refractivity contribution in [1.82, 2.24) is 4.98 Å². The first-order valence-electron chi connectivity index (χ1n) is 14.1. The molecular formula is C30H36FN2O9+. The van der Waals surface area contributed by atoms with Crippen LogP contribution in [-0.2, 0) is 37.0 Å². The van der Waals surface area contributed by atoms with Crippen molar-refractivity contribution in [1.29, 1.82) is 0 Å². The Morgan fingerprint density at radius 1 is 1.21 bits per heavy atom. The van der Waals surface area contributed by atoms with E-state index < -0.39 is 69.4 Å². The summed E-state index contributed by atoms with van der Waals surface area (Å²) in [6, 6.07) is 4.63. The molecule has 0 amide bonds.